The third kappa shape index (κ3) is 5.33. The zero-order chi connectivity index (χ0) is 23.7. The van der Waals surface area contributed by atoms with Crippen molar-refractivity contribution in [2.75, 3.05) is 0 Å². The van der Waals surface area contributed by atoms with Gasteiger partial charge in [-0.2, -0.15) is 0 Å². The Morgan fingerprint density at radius 3 is 2.59 bits per heavy atom. The summed E-state index contributed by atoms with van der Waals surface area (Å²) in [6.07, 6.45) is 15.6. The lowest BCUT2D eigenvalue weighted by Crippen LogP contribution is -2.35. The van der Waals surface area contributed by atoms with E-state index in [9.17, 15) is 13.5 Å². The molecule has 3 rings (SSSR count). The maximum Gasteiger partial charge on any atom is 0.176 e. The first-order chi connectivity index (χ1) is 14.8. The number of hydrogen-bond acceptors (Lipinski definition) is 3. The van der Waals surface area contributed by atoms with Gasteiger partial charge in [0.15, 0.2) is 9.84 Å². The fraction of sp³-hybridized carbons (Fsp3) is 0.714. The Kier molecular flexibility index (Phi) is 7.66. The van der Waals surface area contributed by atoms with Crippen LogP contribution in [0, 0.1) is 23.2 Å². The molecule has 5 atom stereocenters. The van der Waals surface area contributed by atoms with Gasteiger partial charge in [0.1, 0.15) is 0 Å². The summed E-state index contributed by atoms with van der Waals surface area (Å²) in [6, 6.07) is 0. The van der Waals surface area contributed by atoms with Gasteiger partial charge in [0, 0.05) is 5.41 Å². The quantitative estimate of drug-likeness (QED) is 0.485. The molecule has 4 heteroatoms. The average molecular weight is 461 g/mol. The molecule has 0 radical (unpaired) electrons. The minimum Gasteiger partial charge on any atom is -0.393 e. The number of aliphatic hydroxyl groups excluding tert-OH is 1. The number of sulfone groups is 1. The van der Waals surface area contributed by atoms with Crippen molar-refractivity contribution in [2.24, 2.45) is 23.2 Å². The molecule has 32 heavy (non-hydrogen) atoms. The number of hydrogen-bond donors (Lipinski definition) is 1. The third-order valence-electron chi connectivity index (χ3n) is 8.55. The molecule has 180 valence electrons. The molecular formula is C28H44O3S. The molecule has 3 aliphatic rings. The normalized spacial score (nSPS) is 35.6. The van der Waals surface area contributed by atoms with E-state index in [4.69, 9.17) is 0 Å². The fourth-order valence-electron chi connectivity index (χ4n) is 6.37. The van der Waals surface area contributed by atoms with Crippen LogP contribution < -0.4 is 0 Å². The van der Waals surface area contributed by atoms with E-state index in [2.05, 4.69) is 32.6 Å². The van der Waals surface area contributed by atoms with Crippen LogP contribution >= 0.6 is 0 Å². The number of aliphatic hydroxyl groups is 1. The summed E-state index contributed by atoms with van der Waals surface area (Å²) < 4.78 is 24.1. The predicted molar refractivity (Wildman–Crippen MR) is 135 cm³/mol. The molecule has 0 aromatic heterocycles. The Balaban J connectivity index is 1.72. The number of fused-ring (bicyclic) bond motifs is 1. The largest absolute Gasteiger partial charge is 0.393 e. The summed E-state index contributed by atoms with van der Waals surface area (Å²) in [7, 11) is -3.21. The van der Waals surface area contributed by atoms with Crippen molar-refractivity contribution in [3.63, 3.8) is 0 Å². The van der Waals surface area contributed by atoms with Gasteiger partial charge in [-0.1, -0.05) is 49.8 Å². The van der Waals surface area contributed by atoms with Gasteiger partial charge in [-0.15, -0.1) is 0 Å². The van der Waals surface area contributed by atoms with Gasteiger partial charge in [0.2, 0.25) is 0 Å². The lowest BCUT2D eigenvalue weighted by atomic mass is 9.61. The Morgan fingerprint density at radius 1 is 1.19 bits per heavy atom. The molecule has 0 heterocycles. The number of rotatable bonds is 5. The highest BCUT2D eigenvalue weighted by Gasteiger charge is 2.50. The van der Waals surface area contributed by atoms with Crippen LogP contribution in [0.25, 0.3) is 0 Å². The van der Waals surface area contributed by atoms with Crippen molar-refractivity contribution in [3.05, 3.63) is 46.9 Å². The van der Waals surface area contributed by atoms with Crippen molar-refractivity contribution in [2.45, 2.75) is 103 Å². The monoisotopic (exact) mass is 460 g/mol. The van der Waals surface area contributed by atoms with E-state index in [0.717, 1.165) is 25.7 Å². The minimum atomic E-state index is -3.21. The van der Waals surface area contributed by atoms with E-state index in [-0.39, 0.29) is 6.10 Å². The molecule has 0 saturated heterocycles. The van der Waals surface area contributed by atoms with E-state index in [1.165, 1.54) is 48.7 Å². The van der Waals surface area contributed by atoms with E-state index in [1.54, 1.807) is 26.3 Å². The molecule has 0 spiro atoms. The van der Waals surface area contributed by atoms with Crippen LogP contribution in [0.15, 0.2) is 46.9 Å². The van der Waals surface area contributed by atoms with Crippen molar-refractivity contribution < 1.29 is 13.5 Å². The highest BCUT2D eigenvalue weighted by Crippen LogP contribution is 2.59. The van der Waals surface area contributed by atoms with Crippen LogP contribution in [0.3, 0.4) is 0 Å². The zero-order valence-corrected chi connectivity index (χ0v) is 21.7. The Bertz CT molecular complexity index is 899. The molecule has 0 aromatic carbocycles. The van der Waals surface area contributed by atoms with Gasteiger partial charge >= 0.3 is 0 Å². The van der Waals surface area contributed by atoms with Crippen LogP contribution in [0.5, 0.6) is 0 Å². The Morgan fingerprint density at radius 2 is 1.91 bits per heavy atom. The second-order valence-corrected chi connectivity index (χ2v) is 14.4. The van der Waals surface area contributed by atoms with Crippen molar-refractivity contribution in [3.8, 4) is 0 Å². The Hall–Kier alpha value is -1.13. The van der Waals surface area contributed by atoms with E-state index >= 15 is 0 Å². The molecule has 0 amide bonds. The van der Waals surface area contributed by atoms with Crippen LogP contribution in [0.2, 0.25) is 0 Å². The topological polar surface area (TPSA) is 54.4 Å². The molecule has 3 aliphatic carbocycles. The van der Waals surface area contributed by atoms with Gasteiger partial charge in [0.05, 0.1) is 10.9 Å². The van der Waals surface area contributed by atoms with E-state index in [1.807, 2.05) is 6.08 Å². The summed E-state index contributed by atoms with van der Waals surface area (Å²) in [6.45, 7) is 14.3. The average Bonchev–Trinajstić information content (AvgIpc) is 3.05. The van der Waals surface area contributed by atoms with Gasteiger partial charge in [0.25, 0.3) is 0 Å². The Labute approximate surface area is 196 Å². The van der Waals surface area contributed by atoms with Crippen LogP contribution in [0.4, 0.5) is 0 Å². The molecule has 0 aromatic rings. The van der Waals surface area contributed by atoms with Crippen molar-refractivity contribution in [1.82, 2.24) is 0 Å². The lowest BCUT2D eigenvalue weighted by Gasteiger charge is -2.44. The van der Waals surface area contributed by atoms with Crippen LogP contribution in [-0.2, 0) is 9.84 Å². The molecule has 1 N–H and O–H groups in total. The fourth-order valence-corrected chi connectivity index (χ4v) is 7.15. The molecular weight excluding hydrogens is 416 g/mol. The van der Waals surface area contributed by atoms with E-state index in [0.29, 0.717) is 23.2 Å². The molecule has 0 aliphatic heterocycles. The SMILES string of the molecule is C=C1CC[C@H](O)C/C1=C/C=C1\CCC[C@]2(C)C(C(C)C/C=C/S(=O)(=O)C(C)(C)C)CC[C@@H]12. The molecule has 2 unspecified atom stereocenters. The summed E-state index contributed by atoms with van der Waals surface area (Å²) >= 11 is 0. The summed E-state index contributed by atoms with van der Waals surface area (Å²) in [5.41, 5.74) is 4.26. The first kappa shape index (κ1) is 25.5. The molecule has 3 nitrogen and oxygen atoms in total. The summed E-state index contributed by atoms with van der Waals surface area (Å²) in [5, 5.41) is 11.5. The second kappa shape index (κ2) is 9.62. The van der Waals surface area contributed by atoms with Gasteiger partial charge in [-0.25, -0.2) is 8.42 Å². The summed E-state index contributed by atoms with van der Waals surface area (Å²) in [5.74, 6) is 1.71. The smallest absolute Gasteiger partial charge is 0.176 e. The maximum atomic E-state index is 12.4. The van der Waals surface area contributed by atoms with Gasteiger partial charge in [-0.3, -0.25) is 0 Å². The number of allylic oxidation sites excluding steroid dienone is 5. The highest BCUT2D eigenvalue weighted by atomic mass is 32.2. The zero-order valence-electron chi connectivity index (χ0n) is 20.9. The van der Waals surface area contributed by atoms with Crippen LogP contribution in [0.1, 0.15) is 92.4 Å². The highest BCUT2D eigenvalue weighted by molar-refractivity contribution is 7.95. The standard InChI is InChI=1S/C28H44O3S/c1-20-11-14-24(29)19-23(20)13-12-22-10-7-17-28(6)25(15-16-26(22)28)21(2)9-8-18-32(30,31)27(3,4)5/h8,12-13,18,21,24-26,29H,1,7,9-11,14-17,19H2,2-6H3/b18-8+,22-12+,23-13-/t21?,24-,25?,26-,28+/m0/s1. The molecule has 3 saturated carbocycles. The first-order valence-corrected chi connectivity index (χ1v) is 14.1. The van der Waals surface area contributed by atoms with Gasteiger partial charge in [-0.05, 0) is 107 Å². The minimum absolute atomic E-state index is 0.228. The third-order valence-corrected chi connectivity index (χ3v) is 10.8. The van der Waals surface area contributed by atoms with Gasteiger partial charge < -0.3 is 5.11 Å². The predicted octanol–water partition coefficient (Wildman–Crippen LogP) is 6.91. The maximum absolute atomic E-state index is 12.4. The molecule has 0 bridgehead atoms. The van der Waals surface area contributed by atoms with E-state index < -0.39 is 14.6 Å². The second-order valence-electron chi connectivity index (χ2n) is 11.8. The lowest BCUT2D eigenvalue weighted by molar-refractivity contribution is 0.0985. The van der Waals surface area contributed by atoms with Crippen molar-refractivity contribution >= 4 is 9.84 Å². The van der Waals surface area contributed by atoms with Crippen molar-refractivity contribution in [1.29, 1.82) is 0 Å². The molecule has 3 fully saturated rings. The summed E-state index contributed by atoms with van der Waals surface area (Å²) in [4.78, 5) is 0. The first-order valence-electron chi connectivity index (χ1n) is 12.5. The van der Waals surface area contributed by atoms with Crippen LogP contribution in [-0.4, -0.2) is 24.4 Å².